The zero-order valence-electron chi connectivity index (χ0n) is 23.5. The molecule has 2 aromatic carbocycles. The van der Waals surface area contributed by atoms with Crippen molar-refractivity contribution in [1.82, 2.24) is 19.9 Å². The van der Waals surface area contributed by atoms with Crippen LogP contribution in [0.4, 0.5) is 11.9 Å². The maximum Gasteiger partial charge on any atom is 0.323 e. The number of hydrazone groups is 1. The topological polar surface area (TPSA) is 173 Å². The summed E-state index contributed by atoms with van der Waals surface area (Å²) in [5.41, 5.74) is 5.97. The molecule has 0 unspecified atom stereocenters. The summed E-state index contributed by atoms with van der Waals surface area (Å²) in [4.78, 5) is 18.8. The SMILES string of the molecule is COc1ccc(CCOc2nc(N/N=C/c3c[nH]c4ccccc34)nc(N3CCOCC3)n2)cc1OC.CS(=O)(=O)O. The Balaban J connectivity index is 0.000000748. The molecule has 0 radical (unpaired) electrons. The lowest BCUT2D eigenvalue weighted by Gasteiger charge is -2.26. The molecule has 0 aliphatic carbocycles. The smallest absolute Gasteiger partial charge is 0.323 e. The number of ether oxygens (including phenoxy) is 4. The number of fused-ring (bicyclic) bond motifs is 1. The number of nitrogens with one attached hydrogen (secondary N) is 2. The maximum atomic E-state index is 9.19. The van der Waals surface area contributed by atoms with Gasteiger partial charge in [-0.2, -0.15) is 28.5 Å². The fourth-order valence-electron chi connectivity index (χ4n) is 4.02. The summed E-state index contributed by atoms with van der Waals surface area (Å²) in [5.74, 6) is 2.18. The minimum atomic E-state index is -3.67. The number of morpholine rings is 1. The van der Waals surface area contributed by atoms with E-state index >= 15 is 0 Å². The van der Waals surface area contributed by atoms with Crippen molar-refractivity contribution in [3.8, 4) is 17.5 Å². The van der Waals surface area contributed by atoms with E-state index in [0.29, 0.717) is 69.0 Å². The fraction of sp³-hybridized carbons (Fsp3) is 0.333. The Morgan fingerprint density at radius 1 is 1.10 bits per heavy atom. The van der Waals surface area contributed by atoms with Crippen LogP contribution in [0.2, 0.25) is 0 Å². The summed E-state index contributed by atoms with van der Waals surface area (Å²) in [6, 6.07) is 14.0. The Bertz CT molecular complexity index is 1600. The molecule has 1 fully saturated rings. The number of hydrogen-bond acceptors (Lipinski definition) is 12. The van der Waals surface area contributed by atoms with E-state index in [4.69, 9.17) is 23.5 Å². The summed E-state index contributed by atoms with van der Waals surface area (Å²) < 4.78 is 48.0. The molecule has 4 aromatic rings. The molecular formula is C27H33N7O7S. The van der Waals surface area contributed by atoms with Crippen LogP contribution in [0, 0.1) is 0 Å². The zero-order chi connectivity index (χ0) is 30.0. The van der Waals surface area contributed by atoms with Gasteiger partial charge in [0.25, 0.3) is 16.1 Å². The van der Waals surface area contributed by atoms with Gasteiger partial charge in [0.2, 0.25) is 5.95 Å². The second-order valence-electron chi connectivity index (χ2n) is 9.02. The van der Waals surface area contributed by atoms with E-state index < -0.39 is 10.1 Å². The van der Waals surface area contributed by atoms with Gasteiger partial charge in [-0.1, -0.05) is 24.3 Å². The number of para-hydroxylation sites is 1. The van der Waals surface area contributed by atoms with Crippen LogP contribution in [0.3, 0.4) is 0 Å². The lowest BCUT2D eigenvalue weighted by molar-refractivity contribution is 0.122. The van der Waals surface area contributed by atoms with Gasteiger partial charge in [0.15, 0.2) is 11.5 Å². The van der Waals surface area contributed by atoms with Crippen molar-refractivity contribution in [1.29, 1.82) is 0 Å². The molecule has 5 rings (SSSR count). The first kappa shape index (κ1) is 30.5. The highest BCUT2D eigenvalue weighted by molar-refractivity contribution is 7.85. The summed E-state index contributed by atoms with van der Waals surface area (Å²) in [6.07, 6.45) is 4.99. The molecule has 0 bridgehead atoms. The third-order valence-electron chi connectivity index (χ3n) is 5.96. The molecular weight excluding hydrogens is 566 g/mol. The molecule has 1 aliphatic heterocycles. The van der Waals surface area contributed by atoms with E-state index in [9.17, 15) is 8.42 Å². The second kappa shape index (κ2) is 14.4. The third kappa shape index (κ3) is 9.02. The van der Waals surface area contributed by atoms with Crippen molar-refractivity contribution in [2.45, 2.75) is 6.42 Å². The van der Waals surface area contributed by atoms with Gasteiger partial charge in [-0.25, -0.2) is 5.43 Å². The molecule has 3 heterocycles. The van der Waals surface area contributed by atoms with Crippen molar-refractivity contribution in [2.24, 2.45) is 5.10 Å². The zero-order valence-corrected chi connectivity index (χ0v) is 24.3. The van der Waals surface area contributed by atoms with Crippen LogP contribution in [0.25, 0.3) is 10.9 Å². The molecule has 0 saturated carbocycles. The van der Waals surface area contributed by atoms with Gasteiger partial charge in [-0.05, 0) is 23.8 Å². The van der Waals surface area contributed by atoms with Crippen LogP contribution in [-0.4, -0.2) is 92.5 Å². The first-order chi connectivity index (χ1) is 20.2. The normalized spacial score (nSPS) is 13.5. The van der Waals surface area contributed by atoms with Gasteiger partial charge in [-0.15, -0.1) is 0 Å². The third-order valence-corrected chi connectivity index (χ3v) is 5.96. The minimum Gasteiger partial charge on any atom is -0.493 e. The summed E-state index contributed by atoms with van der Waals surface area (Å²) in [7, 11) is -0.435. The monoisotopic (exact) mass is 599 g/mol. The van der Waals surface area contributed by atoms with Gasteiger partial charge < -0.3 is 28.8 Å². The lowest BCUT2D eigenvalue weighted by atomic mass is 10.1. The highest BCUT2D eigenvalue weighted by Gasteiger charge is 2.17. The lowest BCUT2D eigenvalue weighted by Crippen LogP contribution is -2.37. The van der Waals surface area contributed by atoms with Crippen LogP contribution in [0.1, 0.15) is 11.1 Å². The van der Waals surface area contributed by atoms with E-state index in [0.717, 1.165) is 22.0 Å². The highest BCUT2D eigenvalue weighted by atomic mass is 32.2. The second-order valence-corrected chi connectivity index (χ2v) is 10.5. The Hall–Kier alpha value is -4.47. The summed E-state index contributed by atoms with van der Waals surface area (Å²) in [6.45, 7) is 2.98. The molecule has 0 amide bonds. The van der Waals surface area contributed by atoms with Gasteiger partial charge in [0.05, 0.1) is 46.5 Å². The van der Waals surface area contributed by atoms with Crippen LogP contribution < -0.4 is 24.5 Å². The predicted octanol–water partition coefficient (Wildman–Crippen LogP) is 2.78. The predicted molar refractivity (Wildman–Crippen MR) is 159 cm³/mol. The van der Waals surface area contributed by atoms with Gasteiger partial charge in [0, 0.05) is 42.2 Å². The fourth-order valence-corrected chi connectivity index (χ4v) is 4.02. The van der Waals surface area contributed by atoms with Crippen molar-refractivity contribution >= 4 is 39.1 Å². The Morgan fingerprint density at radius 3 is 2.57 bits per heavy atom. The minimum absolute atomic E-state index is 0.224. The standard InChI is InChI=1S/C26H29N7O4.CH4O3S/c1-34-22-8-7-18(15-23(22)35-2)9-12-37-26-30-24(29-25(31-26)33-10-13-36-14-11-33)32-28-17-19-16-27-21-6-4-3-5-20(19)21;1-5(2,3)4/h3-8,15-17,27H,9-14H2,1-2H3,(H,29,30,31,32);1H3,(H,2,3,4)/b28-17+;. The molecule has 1 saturated heterocycles. The number of hydrogen-bond donors (Lipinski definition) is 3. The van der Waals surface area contributed by atoms with Crippen molar-refractivity contribution in [3.63, 3.8) is 0 Å². The molecule has 15 heteroatoms. The quantitative estimate of drug-likeness (QED) is 0.138. The van der Waals surface area contributed by atoms with Crippen LogP contribution in [-0.2, 0) is 21.3 Å². The number of methoxy groups -OCH3 is 2. The average Bonchev–Trinajstić information content (AvgIpc) is 3.39. The Morgan fingerprint density at radius 2 is 1.83 bits per heavy atom. The van der Waals surface area contributed by atoms with E-state index in [-0.39, 0.29) is 6.01 Å². The van der Waals surface area contributed by atoms with Crippen LogP contribution in [0.5, 0.6) is 17.5 Å². The number of aromatic nitrogens is 4. The van der Waals surface area contributed by atoms with Crippen molar-refractivity contribution in [2.75, 3.05) is 63.7 Å². The average molecular weight is 600 g/mol. The van der Waals surface area contributed by atoms with Crippen molar-refractivity contribution < 1.29 is 31.9 Å². The molecule has 2 aromatic heterocycles. The number of H-pyrrole nitrogens is 1. The van der Waals surface area contributed by atoms with Gasteiger partial charge >= 0.3 is 6.01 Å². The highest BCUT2D eigenvalue weighted by Crippen LogP contribution is 2.27. The first-order valence-electron chi connectivity index (χ1n) is 12.9. The molecule has 3 N–H and O–H groups in total. The van der Waals surface area contributed by atoms with E-state index in [1.165, 1.54) is 0 Å². The van der Waals surface area contributed by atoms with Gasteiger partial charge in [-0.3, -0.25) is 4.55 Å². The van der Waals surface area contributed by atoms with E-state index in [2.05, 4.69) is 30.5 Å². The molecule has 0 spiro atoms. The van der Waals surface area contributed by atoms with E-state index in [1.807, 2.05) is 53.6 Å². The molecule has 42 heavy (non-hydrogen) atoms. The largest absolute Gasteiger partial charge is 0.493 e. The molecule has 0 atom stereocenters. The molecule has 14 nitrogen and oxygen atoms in total. The van der Waals surface area contributed by atoms with Crippen LogP contribution >= 0.6 is 0 Å². The summed E-state index contributed by atoms with van der Waals surface area (Å²) in [5, 5.41) is 5.43. The van der Waals surface area contributed by atoms with Crippen molar-refractivity contribution in [3.05, 3.63) is 59.8 Å². The number of nitrogens with zero attached hydrogens (tertiary/aromatic N) is 5. The van der Waals surface area contributed by atoms with Gasteiger partial charge in [0.1, 0.15) is 0 Å². The number of benzene rings is 2. The number of aromatic amines is 1. The van der Waals surface area contributed by atoms with E-state index in [1.54, 1.807) is 20.4 Å². The van der Waals surface area contributed by atoms with Crippen LogP contribution in [0.15, 0.2) is 53.8 Å². The number of anilines is 2. The molecule has 224 valence electrons. The first-order valence-corrected chi connectivity index (χ1v) is 14.8. The summed E-state index contributed by atoms with van der Waals surface area (Å²) >= 11 is 0. The number of rotatable bonds is 10. The molecule has 1 aliphatic rings. The Kier molecular flexibility index (Phi) is 10.5. The Labute approximate surface area is 243 Å². The maximum absolute atomic E-state index is 9.19.